The van der Waals surface area contributed by atoms with Crippen LogP contribution < -0.4 is 4.74 Å². The van der Waals surface area contributed by atoms with Gasteiger partial charge in [0.1, 0.15) is 23.8 Å². The number of benzene rings is 2. The Kier molecular flexibility index (Phi) is 6.85. The lowest BCUT2D eigenvalue weighted by molar-refractivity contribution is 0.0459. The van der Waals surface area contributed by atoms with E-state index in [9.17, 15) is 4.79 Å². The molecule has 2 aromatic heterocycles. The summed E-state index contributed by atoms with van der Waals surface area (Å²) in [6.07, 6.45) is 2.00. The average molecular weight is 529 g/mol. The van der Waals surface area contributed by atoms with Crippen LogP contribution in [0, 0.1) is 13.8 Å². The summed E-state index contributed by atoms with van der Waals surface area (Å²) < 4.78 is 19.2. The van der Waals surface area contributed by atoms with Crippen molar-refractivity contribution in [1.82, 2.24) is 20.0 Å². The molecule has 0 fully saturated rings. The number of hydrogen-bond donors (Lipinski definition) is 0. The maximum Gasteiger partial charge on any atom is 0.361 e. The standard InChI is InChI=1S/C23H21BrN4O4S/c1-13-21(26-27-28(13)16-6-5-7-17(11-16)33-4)23(29)31-12-19-14(2)32-22(25-19)18-10-15(24)8-9-20(18)30-3/h5-11H,12H2,1-4H3. The van der Waals surface area contributed by atoms with Crippen LogP contribution in [0.4, 0.5) is 0 Å². The molecule has 0 saturated carbocycles. The smallest absolute Gasteiger partial charge is 0.361 e. The number of rotatable bonds is 7. The summed E-state index contributed by atoms with van der Waals surface area (Å²) in [5.74, 6) is 0.978. The monoisotopic (exact) mass is 528 g/mol. The number of hydrogen-bond acceptors (Lipinski definition) is 8. The Morgan fingerprint density at radius 2 is 2.03 bits per heavy atom. The molecule has 0 radical (unpaired) electrons. The summed E-state index contributed by atoms with van der Waals surface area (Å²) in [5, 5.41) is 8.16. The summed E-state index contributed by atoms with van der Waals surface area (Å²) in [7, 11) is 1.58. The lowest BCUT2D eigenvalue weighted by Crippen LogP contribution is -2.09. The van der Waals surface area contributed by atoms with E-state index >= 15 is 0 Å². The molecule has 8 nitrogen and oxygen atoms in total. The maximum atomic E-state index is 12.7. The molecule has 170 valence electrons. The molecule has 0 bridgehead atoms. The first-order valence-corrected chi connectivity index (χ1v) is 12.0. The van der Waals surface area contributed by atoms with E-state index in [1.807, 2.05) is 48.7 Å². The minimum absolute atomic E-state index is 0.0568. The van der Waals surface area contributed by atoms with E-state index in [2.05, 4.69) is 31.2 Å². The number of carbonyl (C=O) groups excluding carboxylic acids is 1. The fourth-order valence-electron chi connectivity index (χ4n) is 3.23. The van der Waals surface area contributed by atoms with E-state index in [-0.39, 0.29) is 12.3 Å². The molecule has 0 aliphatic heterocycles. The van der Waals surface area contributed by atoms with Gasteiger partial charge in [0.25, 0.3) is 0 Å². The predicted molar refractivity (Wildman–Crippen MR) is 128 cm³/mol. The van der Waals surface area contributed by atoms with Crippen molar-refractivity contribution in [2.75, 3.05) is 13.4 Å². The Morgan fingerprint density at radius 3 is 2.79 bits per heavy atom. The zero-order chi connectivity index (χ0) is 23.5. The third-order valence-corrected chi connectivity index (χ3v) is 6.23. The van der Waals surface area contributed by atoms with Gasteiger partial charge in [-0.3, -0.25) is 0 Å². The highest BCUT2D eigenvalue weighted by molar-refractivity contribution is 9.10. The normalized spacial score (nSPS) is 10.9. The van der Waals surface area contributed by atoms with Crippen LogP contribution in [0.15, 0.2) is 56.2 Å². The number of oxazole rings is 1. The SMILES string of the molecule is COc1ccc(Br)cc1-c1nc(COC(=O)c2nnn(-c3cccc(SC)c3)c2C)c(C)o1. The maximum absolute atomic E-state index is 12.7. The van der Waals surface area contributed by atoms with Gasteiger partial charge < -0.3 is 13.9 Å². The van der Waals surface area contributed by atoms with Crippen molar-refractivity contribution in [3.8, 4) is 22.9 Å². The number of ether oxygens (including phenoxy) is 2. The van der Waals surface area contributed by atoms with Crippen molar-refractivity contribution in [2.45, 2.75) is 25.3 Å². The lowest BCUT2D eigenvalue weighted by Gasteiger charge is -2.06. The van der Waals surface area contributed by atoms with Crippen LogP contribution in [-0.4, -0.2) is 39.3 Å². The topological polar surface area (TPSA) is 92.3 Å². The molecule has 2 aromatic carbocycles. The van der Waals surface area contributed by atoms with E-state index in [0.717, 1.165) is 15.1 Å². The van der Waals surface area contributed by atoms with Crippen molar-refractivity contribution in [3.63, 3.8) is 0 Å². The number of methoxy groups -OCH3 is 1. The molecule has 0 aliphatic carbocycles. The van der Waals surface area contributed by atoms with Crippen LogP contribution in [0.2, 0.25) is 0 Å². The van der Waals surface area contributed by atoms with Crippen LogP contribution in [-0.2, 0) is 11.3 Å². The van der Waals surface area contributed by atoms with Gasteiger partial charge >= 0.3 is 5.97 Å². The van der Waals surface area contributed by atoms with Gasteiger partial charge in [-0.15, -0.1) is 16.9 Å². The third kappa shape index (κ3) is 4.81. The fraction of sp³-hybridized carbons (Fsp3) is 0.217. The summed E-state index contributed by atoms with van der Waals surface area (Å²) in [6.45, 7) is 3.49. The highest BCUT2D eigenvalue weighted by Gasteiger charge is 2.21. The first kappa shape index (κ1) is 23.1. The van der Waals surface area contributed by atoms with Gasteiger partial charge in [0, 0.05) is 9.37 Å². The molecule has 0 N–H and O–H groups in total. The van der Waals surface area contributed by atoms with Crippen molar-refractivity contribution < 1.29 is 18.7 Å². The minimum atomic E-state index is -0.580. The number of carbonyl (C=O) groups is 1. The summed E-state index contributed by atoms with van der Waals surface area (Å²) >= 11 is 5.07. The van der Waals surface area contributed by atoms with Crippen molar-refractivity contribution >= 4 is 33.7 Å². The molecule has 33 heavy (non-hydrogen) atoms. The van der Waals surface area contributed by atoms with E-state index < -0.39 is 5.97 Å². The van der Waals surface area contributed by atoms with Crippen LogP contribution in [0.5, 0.6) is 5.75 Å². The van der Waals surface area contributed by atoms with Gasteiger partial charge in [0.2, 0.25) is 5.89 Å². The van der Waals surface area contributed by atoms with Gasteiger partial charge in [0.15, 0.2) is 5.69 Å². The number of nitrogens with zero attached hydrogens (tertiary/aromatic N) is 4. The molecular weight excluding hydrogens is 508 g/mol. The quantitative estimate of drug-likeness (QED) is 0.233. The molecule has 0 atom stereocenters. The number of aryl methyl sites for hydroxylation is 1. The molecule has 0 aliphatic rings. The molecular formula is C23H21BrN4O4S. The Bertz CT molecular complexity index is 1320. The van der Waals surface area contributed by atoms with E-state index in [1.54, 1.807) is 37.4 Å². The Morgan fingerprint density at radius 1 is 1.21 bits per heavy atom. The molecule has 10 heteroatoms. The number of esters is 1. The van der Waals surface area contributed by atoms with E-state index in [0.29, 0.717) is 34.4 Å². The third-order valence-electron chi connectivity index (χ3n) is 5.01. The van der Waals surface area contributed by atoms with Crippen molar-refractivity contribution in [2.24, 2.45) is 0 Å². The molecule has 0 unspecified atom stereocenters. The second-order valence-corrected chi connectivity index (χ2v) is 8.87. The number of aromatic nitrogens is 4. The van der Waals surface area contributed by atoms with E-state index in [1.165, 1.54) is 0 Å². The second-order valence-electron chi connectivity index (χ2n) is 7.08. The predicted octanol–water partition coefficient (Wildman–Crippen LogP) is 5.39. The minimum Gasteiger partial charge on any atom is -0.496 e. The van der Waals surface area contributed by atoms with Gasteiger partial charge in [-0.25, -0.2) is 14.5 Å². The molecule has 0 amide bonds. The molecule has 4 aromatic rings. The summed E-state index contributed by atoms with van der Waals surface area (Å²) in [6, 6.07) is 13.4. The Balaban J connectivity index is 1.51. The average Bonchev–Trinajstić information content (AvgIpc) is 3.39. The zero-order valence-electron chi connectivity index (χ0n) is 18.5. The fourth-order valence-corrected chi connectivity index (χ4v) is 4.05. The molecule has 0 saturated heterocycles. The highest BCUT2D eigenvalue weighted by atomic mass is 79.9. The second kappa shape index (κ2) is 9.80. The number of halogens is 1. The van der Waals surface area contributed by atoms with Crippen molar-refractivity contribution in [3.05, 3.63) is 69.8 Å². The van der Waals surface area contributed by atoms with Crippen LogP contribution in [0.25, 0.3) is 17.1 Å². The van der Waals surface area contributed by atoms with Gasteiger partial charge in [-0.05, 0) is 56.5 Å². The van der Waals surface area contributed by atoms with Crippen molar-refractivity contribution in [1.29, 1.82) is 0 Å². The summed E-state index contributed by atoms with van der Waals surface area (Å²) in [4.78, 5) is 18.3. The first-order valence-electron chi connectivity index (χ1n) is 9.95. The Hall–Kier alpha value is -3.11. The van der Waals surface area contributed by atoms with Crippen LogP contribution in [0.1, 0.15) is 27.6 Å². The highest BCUT2D eigenvalue weighted by Crippen LogP contribution is 2.33. The van der Waals surface area contributed by atoms with Gasteiger partial charge in [-0.2, -0.15) is 0 Å². The molecule has 2 heterocycles. The first-order chi connectivity index (χ1) is 15.9. The van der Waals surface area contributed by atoms with E-state index in [4.69, 9.17) is 13.9 Å². The molecule has 4 rings (SSSR count). The molecule has 0 spiro atoms. The lowest BCUT2D eigenvalue weighted by atomic mass is 10.2. The summed E-state index contributed by atoms with van der Waals surface area (Å²) in [5.41, 5.74) is 2.78. The van der Waals surface area contributed by atoms with Gasteiger partial charge in [-0.1, -0.05) is 27.2 Å². The number of thioether (sulfide) groups is 1. The van der Waals surface area contributed by atoms with Crippen LogP contribution in [0.3, 0.4) is 0 Å². The Labute approximate surface area is 203 Å². The largest absolute Gasteiger partial charge is 0.496 e. The zero-order valence-corrected chi connectivity index (χ0v) is 20.9. The van der Waals surface area contributed by atoms with Crippen LogP contribution >= 0.6 is 27.7 Å². The van der Waals surface area contributed by atoms with Gasteiger partial charge in [0.05, 0.1) is 24.1 Å².